The third kappa shape index (κ3) is 4.83. The summed E-state index contributed by atoms with van der Waals surface area (Å²) >= 11 is 1.85. The van der Waals surface area contributed by atoms with E-state index in [1.54, 1.807) is 0 Å². The minimum Gasteiger partial charge on any atom is -0.378 e. The van der Waals surface area contributed by atoms with E-state index in [1.807, 2.05) is 11.3 Å². The largest absolute Gasteiger partial charge is 0.378 e. The van der Waals surface area contributed by atoms with E-state index in [4.69, 9.17) is 4.74 Å². The van der Waals surface area contributed by atoms with Crippen LogP contribution < -0.4 is 5.32 Å². The summed E-state index contributed by atoms with van der Waals surface area (Å²) in [4.78, 5) is 6.03. The number of ether oxygens (including phenoxy) is 1. The molecule has 2 rings (SSSR count). The Balaban J connectivity index is 1.82. The lowest BCUT2D eigenvalue weighted by Crippen LogP contribution is -2.32. The Labute approximate surface area is 127 Å². The highest BCUT2D eigenvalue weighted by Crippen LogP contribution is 2.21. The van der Waals surface area contributed by atoms with E-state index in [2.05, 4.69) is 31.1 Å². The summed E-state index contributed by atoms with van der Waals surface area (Å²) in [5.74, 6) is 0. The summed E-state index contributed by atoms with van der Waals surface area (Å²) in [5.41, 5.74) is 1.19. The molecule has 4 heteroatoms. The van der Waals surface area contributed by atoms with Crippen molar-refractivity contribution in [2.45, 2.75) is 71.4 Å². The molecule has 1 aromatic heterocycles. The van der Waals surface area contributed by atoms with Crippen molar-refractivity contribution >= 4 is 11.3 Å². The topological polar surface area (TPSA) is 34.1 Å². The van der Waals surface area contributed by atoms with Crippen LogP contribution in [0.25, 0.3) is 0 Å². The van der Waals surface area contributed by atoms with Crippen molar-refractivity contribution in [2.75, 3.05) is 13.2 Å². The van der Waals surface area contributed by atoms with Gasteiger partial charge in [-0.1, -0.05) is 6.92 Å². The van der Waals surface area contributed by atoms with Gasteiger partial charge in [-0.15, -0.1) is 11.3 Å². The van der Waals surface area contributed by atoms with E-state index < -0.39 is 0 Å². The van der Waals surface area contributed by atoms with Crippen molar-refractivity contribution < 1.29 is 4.74 Å². The molecule has 0 aliphatic carbocycles. The highest BCUT2D eigenvalue weighted by molar-refractivity contribution is 7.11. The number of hydrogen-bond donors (Lipinski definition) is 1. The standard InChI is InChI=1S/C16H28N2OS/c1-4-17-14(8-9-15-7-5-6-10-19-15)11-16-18-12(2)13(3)20-16/h14-15,17H,4-11H2,1-3H3. The maximum absolute atomic E-state index is 5.84. The Kier molecular flexibility index (Phi) is 6.46. The molecule has 0 amide bonds. The molecule has 0 radical (unpaired) electrons. The average Bonchev–Trinajstić information content (AvgIpc) is 2.76. The molecule has 1 N–H and O–H groups in total. The number of aryl methyl sites for hydroxylation is 2. The number of likely N-dealkylation sites (N-methyl/N-ethyl adjacent to an activating group) is 1. The predicted octanol–water partition coefficient (Wildman–Crippen LogP) is 3.63. The second-order valence-electron chi connectivity index (χ2n) is 5.77. The predicted molar refractivity (Wildman–Crippen MR) is 85.6 cm³/mol. The van der Waals surface area contributed by atoms with Gasteiger partial charge in [0.05, 0.1) is 16.8 Å². The van der Waals surface area contributed by atoms with Gasteiger partial charge in [-0.05, 0) is 52.5 Å². The molecule has 0 bridgehead atoms. The Hall–Kier alpha value is -0.450. The van der Waals surface area contributed by atoms with E-state index in [1.165, 1.54) is 47.7 Å². The Morgan fingerprint density at radius 1 is 1.40 bits per heavy atom. The van der Waals surface area contributed by atoms with Gasteiger partial charge < -0.3 is 10.1 Å². The number of aromatic nitrogens is 1. The minimum absolute atomic E-state index is 0.490. The fourth-order valence-electron chi connectivity index (χ4n) is 2.82. The van der Waals surface area contributed by atoms with Gasteiger partial charge >= 0.3 is 0 Å². The van der Waals surface area contributed by atoms with Gasteiger partial charge in [-0.2, -0.15) is 0 Å². The van der Waals surface area contributed by atoms with Crippen molar-refractivity contribution in [1.29, 1.82) is 0 Å². The summed E-state index contributed by atoms with van der Waals surface area (Å²) in [6, 6.07) is 0.537. The van der Waals surface area contributed by atoms with Crippen LogP contribution in [0.2, 0.25) is 0 Å². The first-order chi connectivity index (χ1) is 9.69. The summed E-state index contributed by atoms with van der Waals surface area (Å²) in [5, 5.41) is 4.88. The minimum atomic E-state index is 0.490. The number of rotatable bonds is 7. The second kappa shape index (κ2) is 8.11. The normalized spacial score (nSPS) is 21.1. The third-order valence-electron chi connectivity index (χ3n) is 4.10. The highest BCUT2D eigenvalue weighted by Gasteiger charge is 2.17. The number of hydrogen-bond acceptors (Lipinski definition) is 4. The highest BCUT2D eigenvalue weighted by atomic mass is 32.1. The quantitative estimate of drug-likeness (QED) is 0.834. The van der Waals surface area contributed by atoms with Crippen molar-refractivity contribution in [3.8, 4) is 0 Å². The zero-order chi connectivity index (χ0) is 14.4. The molecule has 3 nitrogen and oxygen atoms in total. The van der Waals surface area contributed by atoms with Crippen molar-refractivity contribution in [2.24, 2.45) is 0 Å². The maximum Gasteiger partial charge on any atom is 0.0946 e. The van der Waals surface area contributed by atoms with Gasteiger partial charge in [0.15, 0.2) is 0 Å². The fraction of sp³-hybridized carbons (Fsp3) is 0.812. The van der Waals surface area contributed by atoms with Crippen molar-refractivity contribution in [3.63, 3.8) is 0 Å². The monoisotopic (exact) mass is 296 g/mol. The van der Waals surface area contributed by atoms with Crippen LogP contribution in [0, 0.1) is 13.8 Å². The van der Waals surface area contributed by atoms with Gasteiger partial charge in [0.25, 0.3) is 0 Å². The first kappa shape index (κ1) is 15.9. The SMILES string of the molecule is CCNC(CCC1CCCCO1)Cc1nc(C)c(C)s1. The summed E-state index contributed by atoms with van der Waals surface area (Å²) < 4.78 is 5.84. The van der Waals surface area contributed by atoms with Gasteiger partial charge in [-0.3, -0.25) is 0 Å². The zero-order valence-electron chi connectivity index (χ0n) is 13.1. The average molecular weight is 296 g/mol. The van der Waals surface area contributed by atoms with Crippen LogP contribution in [-0.4, -0.2) is 30.3 Å². The fourth-order valence-corrected chi connectivity index (χ4v) is 3.84. The molecule has 1 aliphatic heterocycles. The molecule has 0 saturated carbocycles. The molecule has 114 valence electrons. The van der Waals surface area contributed by atoms with Gasteiger partial charge in [0, 0.05) is 23.9 Å². The Morgan fingerprint density at radius 3 is 2.85 bits per heavy atom. The van der Waals surface area contributed by atoms with Crippen molar-refractivity contribution in [1.82, 2.24) is 10.3 Å². The maximum atomic E-state index is 5.84. The van der Waals surface area contributed by atoms with Gasteiger partial charge in [0.1, 0.15) is 0 Å². The molecule has 20 heavy (non-hydrogen) atoms. The Morgan fingerprint density at radius 2 is 2.25 bits per heavy atom. The van der Waals surface area contributed by atoms with E-state index in [9.17, 15) is 0 Å². The molecular weight excluding hydrogens is 268 g/mol. The van der Waals surface area contributed by atoms with Crippen LogP contribution in [0.15, 0.2) is 0 Å². The lowest BCUT2D eigenvalue weighted by Gasteiger charge is -2.25. The summed E-state index contributed by atoms with van der Waals surface area (Å²) in [6.07, 6.45) is 7.74. The summed E-state index contributed by atoms with van der Waals surface area (Å²) in [7, 11) is 0. The van der Waals surface area contributed by atoms with Crippen LogP contribution in [0.3, 0.4) is 0 Å². The smallest absolute Gasteiger partial charge is 0.0946 e. The van der Waals surface area contributed by atoms with E-state index in [0.29, 0.717) is 12.1 Å². The van der Waals surface area contributed by atoms with Crippen molar-refractivity contribution in [3.05, 3.63) is 15.6 Å². The number of nitrogens with zero attached hydrogens (tertiary/aromatic N) is 1. The molecule has 1 saturated heterocycles. The van der Waals surface area contributed by atoms with Crippen LogP contribution in [0.4, 0.5) is 0 Å². The van der Waals surface area contributed by atoms with Gasteiger partial charge in [-0.25, -0.2) is 4.98 Å². The lowest BCUT2D eigenvalue weighted by molar-refractivity contribution is 0.00860. The third-order valence-corrected chi connectivity index (χ3v) is 5.19. The van der Waals surface area contributed by atoms with Gasteiger partial charge in [0.2, 0.25) is 0 Å². The molecule has 1 fully saturated rings. The number of nitrogens with one attached hydrogen (secondary N) is 1. The van der Waals surface area contributed by atoms with Crippen LogP contribution in [0.1, 0.15) is 54.6 Å². The molecule has 1 aromatic rings. The van der Waals surface area contributed by atoms with Crippen LogP contribution in [-0.2, 0) is 11.2 Å². The van der Waals surface area contributed by atoms with E-state index in [-0.39, 0.29) is 0 Å². The first-order valence-corrected chi connectivity index (χ1v) is 8.78. The molecule has 2 unspecified atom stereocenters. The Bertz CT molecular complexity index is 380. The summed E-state index contributed by atoms with van der Waals surface area (Å²) in [6.45, 7) is 8.44. The van der Waals surface area contributed by atoms with Crippen LogP contribution >= 0.6 is 11.3 Å². The van der Waals surface area contributed by atoms with E-state index in [0.717, 1.165) is 19.6 Å². The molecule has 2 heterocycles. The molecule has 0 spiro atoms. The van der Waals surface area contributed by atoms with E-state index >= 15 is 0 Å². The zero-order valence-corrected chi connectivity index (χ0v) is 13.9. The molecule has 1 aliphatic rings. The second-order valence-corrected chi connectivity index (χ2v) is 7.06. The molecule has 2 atom stereocenters. The molecular formula is C16H28N2OS. The van der Waals surface area contributed by atoms with Crippen LogP contribution in [0.5, 0.6) is 0 Å². The lowest BCUT2D eigenvalue weighted by atomic mass is 10.00. The number of thiazole rings is 1. The first-order valence-electron chi connectivity index (χ1n) is 7.97. The molecule has 0 aromatic carbocycles.